The van der Waals surface area contributed by atoms with Crippen LogP contribution in [0.5, 0.6) is 0 Å². The molecule has 0 radical (unpaired) electrons. The van der Waals surface area contributed by atoms with Crippen LogP contribution in [0.4, 0.5) is 0 Å². The molecule has 2 heterocycles. The van der Waals surface area contributed by atoms with Crippen molar-refractivity contribution in [2.75, 3.05) is 0 Å². The van der Waals surface area contributed by atoms with E-state index >= 15 is 0 Å². The van der Waals surface area contributed by atoms with Gasteiger partial charge in [0.1, 0.15) is 0 Å². The second kappa shape index (κ2) is 12.7. The third-order valence-electron chi connectivity index (χ3n) is 12.1. The maximum absolute atomic E-state index is 2.47. The van der Waals surface area contributed by atoms with Crippen LogP contribution in [0.15, 0.2) is 206 Å². The van der Waals surface area contributed by atoms with E-state index in [1.54, 1.807) is 0 Å². The van der Waals surface area contributed by atoms with Gasteiger partial charge in [0.05, 0.1) is 5.41 Å². The molecular formula is C55H34S2. The first kappa shape index (κ1) is 32.6. The van der Waals surface area contributed by atoms with E-state index in [1.807, 2.05) is 22.7 Å². The molecule has 0 bridgehead atoms. The Labute approximate surface area is 339 Å². The summed E-state index contributed by atoms with van der Waals surface area (Å²) in [5, 5.41) is 5.48. The van der Waals surface area contributed by atoms with Crippen LogP contribution in [-0.4, -0.2) is 0 Å². The van der Waals surface area contributed by atoms with Crippen molar-refractivity contribution in [3.8, 4) is 44.5 Å². The molecule has 9 aromatic carbocycles. The smallest absolute Gasteiger partial charge is 0.0714 e. The fourth-order valence-electron chi connectivity index (χ4n) is 9.85. The topological polar surface area (TPSA) is 0 Å². The molecule has 0 N–H and O–H groups in total. The van der Waals surface area contributed by atoms with Gasteiger partial charge in [-0.15, -0.1) is 22.7 Å². The molecule has 1 aliphatic rings. The highest BCUT2D eigenvalue weighted by Crippen LogP contribution is 2.63. The zero-order chi connectivity index (χ0) is 37.5. The van der Waals surface area contributed by atoms with Crippen LogP contribution in [0.2, 0.25) is 0 Å². The lowest BCUT2D eigenvalue weighted by Crippen LogP contribution is -2.31. The minimum Gasteiger partial charge on any atom is -0.134 e. The SMILES string of the molecule is c1ccc(-c2ccc3c4c2sc2c(-c5ccccc5)c(-c5ccccc5)c5sc6c(-c7ccccc7)ccc(c6c5c24)C3(c2ccccc2)c2ccccc2)cc1. The molecule has 0 fully saturated rings. The third kappa shape index (κ3) is 4.60. The van der Waals surface area contributed by atoms with Crippen LogP contribution in [0, 0.1) is 0 Å². The predicted octanol–water partition coefficient (Wildman–Crippen LogP) is 15.8. The molecule has 12 rings (SSSR count). The molecule has 0 atom stereocenters. The minimum absolute atomic E-state index is 0.607. The molecule has 0 aliphatic heterocycles. The molecule has 0 saturated carbocycles. The molecule has 11 aromatic rings. The lowest BCUT2D eigenvalue weighted by molar-refractivity contribution is 0.762. The maximum atomic E-state index is 2.47. The van der Waals surface area contributed by atoms with Gasteiger partial charge in [-0.05, 0) is 55.6 Å². The molecule has 0 saturated heterocycles. The van der Waals surface area contributed by atoms with Crippen LogP contribution >= 0.6 is 22.7 Å². The number of rotatable bonds is 6. The molecular weight excluding hydrogens is 725 g/mol. The summed E-state index contributed by atoms with van der Waals surface area (Å²) in [6, 6.07) is 76.7. The van der Waals surface area contributed by atoms with Gasteiger partial charge in [-0.1, -0.05) is 206 Å². The van der Waals surface area contributed by atoms with E-state index in [9.17, 15) is 0 Å². The predicted molar refractivity (Wildman–Crippen MR) is 246 cm³/mol. The average Bonchev–Trinajstić information content (AvgIpc) is 3.85. The summed E-state index contributed by atoms with van der Waals surface area (Å²) in [6.45, 7) is 0. The summed E-state index contributed by atoms with van der Waals surface area (Å²) >= 11 is 3.96. The second-order valence-corrected chi connectivity index (χ2v) is 17.1. The Balaban J connectivity index is 1.42. The van der Waals surface area contributed by atoms with Crippen LogP contribution in [0.1, 0.15) is 22.3 Å². The Morgan fingerprint density at radius 2 is 0.579 bits per heavy atom. The van der Waals surface area contributed by atoms with Gasteiger partial charge in [-0.25, -0.2) is 0 Å². The average molecular weight is 759 g/mol. The minimum atomic E-state index is -0.607. The Hall–Kier alpha value is -6.58. The molecule has 57 heavy (non-hydrogen) atoms. The first-order chi connectivity index (χ1) is 28.3. The highest BCUT2D eigenvalue weighted by atomic mass is 32.1. The summed E-state index contributed by atoms with van der Waals surface area (Å²) in [5.41, 5.74) is 14.8. The van der Waals surface area contributed by atoms with Gasteiger partial charge < -0.3 is 0 Å². The van der Waals surface area contributed by atoms with Crippen LogP contribution < -0.4 is 0 Å². The summed E-state index contributed by atoms with van der Waals surface area (Å²) < 4.78 is 5.37. The molecule has 266 valence electrons. The standard InChI is InChI=1S/C55H34S2/c1-7-19-35(20-8-1)41-31-33-43-47-49-50-48-44(55(43,39-27-15-5-16-28-39)40-29-17-6-18-30-40)34-32-42(36-21-9-2-10-22-36)52(48)57-54(50)46(38-25-13-4-14-26-38)45(53(49)56-51(41)47)37-23-11-3-12-24-37/h1-34H. The molecule has 2 aromatic heterocycles. The normalized spacial score (nSPS) is 13.1. The fourth-order valence-corrected chi connectivity index (χ4v) is 12.7. The largest absolute Gasteiger partial charge is 0.134 e. The second-order valence-electron chi connectivity index (χ2n) is 15.0. The van der Waals surface area contributed by atoms with Gasteiger partial charge in [0.15, 0.2) is 0 Å². The number of hydrogen-bond donors (Lipinski definition) is 0. The van der Waals surface area contributed by atoms with Gasteiger partial charge in [0.25, 0.3) is 0 Å². The van der Waals surface area contributed by atoms with Crippen LogP contribution in [0.25, 0.3) is 84.9 Å². The Kier molecular flexibility index (Phi) is 7.29. The molecule has 0 nitrogen and oxygen atoms in total. The zero-order valence-electron chi connectivity index (χ0n) is 30.9. The van der Waals surface area contributed by atoms with Gasteiger partial charge in [-0.2, -0.15) is 0 Å². The van der Waals surface area contributed by atoms with Crippen molar-refractivity contribution >= 4 is 63.0 Å². The number of benzene rings is 9. The Morgan fingerprint density at radius 1 is 0.263 bits per heavy atom. The first-order valence-corrected chi connectivity index (χ1v) is 21.2. The lowest BCUT2D eigenvalue weighted by Gasteiger charge is -2.37. The molecule has 1 aliphatic carbocycles. The van der Waals surface area contributed by atoms with Crippen LogP contribution in [0.3, 0.4) is 0 Å². The highest BCUT2D eigenvalue weighted by Gasteiger charge is 2.45. The van der Waals surface area contributed by atoms with E-state index in [0.717, 1.165) is 0 Å². The third-order valence-corrected chi connectivity index (χ3v) is 14.6. The summed E-state index contributed by atoms with van der Waals surface area (Å²) in [5.74, 6) is 0. The highest BCUT2D eigenvalue weighted by molar-refractivity contribution is 7.29. The van der Waals surface area contributed by atoms with Crippen molar-refractivity contribution in [2.24, 2.45) is 0 Å². The van der Waals surface area contributed by atoms with Gasteiger partial charge in [0, 0.05) is 51.5 Å². The van der Waals surface area contributed by atoms with Crippen molar-refractivity contribution < 1.29 is 0 Å². The fraction of sp³-hybridized carbons (Fsp3) is 0.0182. The Morgan fingerprint density at radius 3 is 0.930 bits per heavy atom. The molecule has 0 spiro atoms. The van der Waals surface area contributed by atoms with E-state index in [-0.39, 0.29) is 0 Å². The van der Waals surface area contributed by atoms with Crippen molar-refractivity contribution in [1.82, 2.24) is 0 Å². The van der Waals surface area contributed by atoms with Gasteiger partial charge in [-0.3, -0.25) is 0 Å². The lowest BCUT2D eigenvalue weighted by atomic mass is 9.64. The van der Waals surface area contributed by atoms with E-state index in [2.05, 4.69) is 206 Å². The number of thiophene rings is 2. The Bertz CT molecular complexity index is 3060. The van der Waals surface area contributed by atoms with E-state index in [1.165, 1.54) is 107 Å². The number of hydrogen-bond acceptors (Lipinski definition) is 2. The first-order valence-electron chi connectivity index (χ1n) is 19.6. The molecule has 0 amide bonds. The van der Waals surface area contributed by atoms with Crippen molar-refractivity contribution in [3.05, 3.63) is 229 Å². The summed E-state index contributed by atoms with van der Waals surface area (Å²) in [4.78, 5) is 0. The zero-order valence-corrected chi connectivity index (χ0v) is 32.6. The van der Waals surface area contributed by atoms with Crippen molar-refractivity contribution in [1.29, 1.82) is 0 Å². The quantitative estimate of drug-likeness (QED) is 0.158. The maximum Gasteiger partial charge on any atom is 0.0714 e. The monoisotopic (exact) mass is 758 g/mol. The molecule has 2 heteroatoms. The van der Waals surface area contributed by atoms with Crippen molar-refractivity contribution in [2.45, 2.75) is 5.41 Å². The van der Waals surface area contributed by atoms with E-state index in [4.69, 9.17) is 0 Å². The van der Waals surface area contributed by atoms with E-state index < -0.39 is 5.41 Å². The van der Waals surface area contributed by atoms with Gasteiger partial charge >= 0.3 is 0 Å². The molecule has 0 unspecified atom stereocenters. The summed E-state index contributed by atoms with van der Waals surface area (Å²) in [7, 11) is 0. The van der Waals surface area contributed by atoms with E-state index in [0.29, 0.717) is 0 Å². The van der Waals surface area contributed by atoms with Crippen LogP contribution in [-0.2, 0) is 5.41 Å². The van der Waals surface area contributed by atoms with Crippen molar-refractivity contribution in [3.63, 3.8) is 0 Å². The van der Waals surface area contributed by atoms with Gasteiger partial charge in [0.2, 0.25) is 0 Å². The summed E-state index contributed by atoms with van der Waals surface area (Å²) in [6.07, 6.45) is 0.